The van der Waals surface area contributed by atoms with Gasteiger partial charge in [0.1, 0.15) is 17.8 Å². The van der Waals surface area contributed by atoms with Crippen molar-refractivity contribution in [3.63, 3.8) is 0 Å². The van der Waals surface area contributed by atoms with Gasteiger partial charge in [-0.1, -0.05) is 98.9 Å². The Kier molecular flexibility index (Phi) is 21.1. The van der Waals surface area contributed by atoms with E-state index in [4.69, 9.17) is 9.72 Å². The number of β-amino-alcohol motifs (C(OH)–C–C–N with tert-alkyl or cyclic N) is 1. The van der Waals surface area contributed by atoms with E-state index in [9.17, 15) is 37.5 Å². The summed E-state index contributed by atoms with van der Waals surface area (Å²) < 4.78 is 51.3. The number of aromatic nitrogens is 3. The number of carbonyl (C=O) groups excluding carboxylic acids is 5. The molecule has 2 aliphatic heterocycles. The normalized spacial score (nSPS) is 15.7. The summed E-state index contributed by atoms with van der Waals surface area (Å²) in [5.41, 5.74) is 7.24. The highest BCUT2D eigenvalue weighted by molar-refractivity contribution is 7.90. The molecule has 0 aliphatic carbocycles. The molecule has 19 nitrogen and oxygen atoms in total. The SMILES string of the molecule is Cc1ncsc1-c1ccc([C@H](C)NC(=O)[C@@H]2C[C@@H](O)CN2C(=O)[C@@H](NC(=O)CCCCCS(=O)(=O)NC(=O)c2nc(N3CCc4cccc(C(=O)Nc5nc6ccccc6s5)c4C3)sc2CCCOc2ccc(C#CCN(C)C)cc2F)C(C)(C)C)cc1. The Morgan fingerprint density at radius 1 is 0.932 bits per heavy atom. The number of nitrogens with zero attached hydrogens (tertiary/aromatic N) is 6. The zero-order valence-corrected chi connectivity index (χ0v) is 53.5. The van der Waals surface area contributed by atoms with Gasteiger partial charge in [0.15, 0.2) is 21.8 Å². The van der Waals surface area contributed by atoms with Crippen molar-refractivity contribution in [3.8, 4) is 28.0 Å². The number of amides is 5. The summed E-state index contributed by atoms with van der Waals surface area (Å²) in [6.07, 6.45) is 0.823. The minimum absolute atomic E-state index is 0.0307. The number of hydrogen-bond acceptors (Lipinski definition) is 17. The van der Waals surface area contributed by atoms with Crippen molar-refractivity contribution in [1.82, 2.24) is 40.1 Å². The van der Waals surface area contributed by atoms with Gasteiger partial charge >= 0.3 is 0 Å². The lowest BCUT2D eigenvalue weighted by Gasteiger charge is -2.35. The van der Waals surface area contributed by atoms with Crippen LogP contribution in [0.25, 0.3) is 20.7 Å². The molecule has 0 saturated carbocycles. The van der Waals surface area contributed by atoms with Crippen molar-refractivity contribution >= 4 is 94.0 Å². The fourth-order valence-electron chi connectivity index (χ4n) is 10.5. The molecule has 9 rings (SSSR count). The second-order valence-corrected chi connectivity index (χ2v) is 28.2. The number of anilines is 2. The summed E-state index contributed by atoms with van der Waals surface area (Å²) in [4.78, 5) is 90.0. The summed E-state index contributed by atoms with van der Waals surface area (Å²) in [5.74, 6) is 2.33. The average Bonchev–Trinajstić information content (AvgIpc) is 1.94. The Bertz CT molecular complexity index is 3840. The molecular formula is C64H73FN10O9S4. The lowest BCUT2D eigenvalue weighted by molar-refractivity contribution is -0.144. The fraction of sp³-hybridized carbons (Fsp3) is 0.406. The summed E-state index contributed by atoms with van der Waals surface area (Å²) in [7, 11) is -0.448. The van der Waals surface area contributed by atoms with Gasteiger partial charge in [-0.05, 0) is 124 Å². The zero-order valence-electron chi connectivity index (χ0n) is 50.3. The maximum Gasteiger partial charge on any atom is 0.284 e. The van der Waals surface area contributed by atoms with Crippen molar-refractivity contribution < 1.29 is 46.6 Å². The van der Waals surface area contributed by atoms with E-state index in [0.29, 0.717) is 58.6 Å². The van der Waals surface area contributed by atoms with E-state index in [1.54, 1.807) is 49.8 Å². The molecule has 5 N–H and O–H groups in total. The number of thiazole rings is 3. The minimum atomic E-state index is -4.22. The third-order valence-corrected chi connectivity index (χ3v) is 19.6. The summed E-state index contributed by atoms with van der Waals surface area (Å²) in [6.45, 7) is 10.5. The van der Waals surface area contributed by atoms with E-state index in [2.05, 4.69) is 42.5 Å². The molecular weight excluding hydrogens is 1200 g/mol. The molecule has 464 valence electrons. The van der Waals surface area contributed by atoms with Crippen molar-refractivity contribution in [2.45, 2.75) is 117 Å². The number of benzene rings is 4. The number of rotatable bonds is 23. The number of para-hydroxylation sites is 1. The van der Waals surface area contributed by atoms with Gasteiger partial charge in [-0.3, -0.25) is 34.2 Å². The predicted molar refractivity (Wildman–Crippen MR) is 343 cm³/mol. The molecule has 5 amide bonds. The Balaban J connectivity index is 0.804. The molecule has 2 aliphatic rings. The molecule has 0 radical (unpaired) electrons. The van der Waals surface area contributed by atoms with Crippen molar-refractivity contribution in [1.29, 1.82) is 0 Å². The van der Waals surface area contributed by atoms with Crippen LogP contribution in [-0.2, 0) is 43.8 Å². The van der Waals surface area contributed by atoms with E-state index in [-0.39, 0.29) is 69.2 Å². The smallest absolute Gasteiger partial charge is 0.284 e. The fourth-order valence-corrected chi connectivity index (χ4v) is 14.4. The number of sulfonamides is 1. The van der Waals surface area contributed by atoms with Crippen LogP contribution >= 0.6 is 34.0 Å². The average molecular weight is 1270 g/mol. The number of hydrogen-bond donors (Lipinski definition) is 5. The molecule has 3 aromatic heterocycles. The van der Waals surface area contributed by atoms with Gasteiger partial charge in [0.2, 0.25) is 27.7 Å². The number of nitrogens with one attached hydrogen (secondary N) is 4. The van der Waals surface area contributed by atoms with Crippen LogP contribution in [0.2, 0.25) is 0 Å². The quantitative estimate of drug-likeness (QED) is 0.0296. The van der Waals surface area contributed by atoms with E-state index in [1.165, 1.54) is 39.7 Å². The van der Waals surface area contributed by atoms with E-state index < -0.39 is 74.9 Å². The maximum atomic E-state index is 15.1. The van der Waals surface area contributed by atoms with Gasteiger partial charge in [-0.2, -0.15) is 0 Å². The molecule has 5 heterocycles. The lowest BCUT2D eigenvalue weighted by Crippen LogP contribution is -2.57. The Hall–Kier alpha value is -7.66. The van der Waals surface area contributed by atoms with Gasteiger partial charge in [-0.15, -0.1) is 22.7 Å². The highest BCUT2D eigenvalue weighted by atomic mass is 32.2. The Labute approximate surface area is 524 Å². The standard InChI is InChI=1S/C64H73FN10O9S4/c1-39(42-24-26-44(27-25-42)56-40(2)66-38-85-56)67-59(79)50-35-45(76)36-75(50)61(81)57(64(3,4)5)69-54(77)22-9-8-12-33-88(82,83)72-60(80)55-53(21-15-32-84-51-28-23-41(34-48(51)65)16-14-30-73(6)7)87-63(70-55)74-31-29-43-17-13-18-46(47(43)37-74)58(78)71-62-68-49-19-10-11-20-52(49)86-62/h10-11,13,17-20,23-28,34,38-39,45,50,57,76H,8-9,12,15,21-22,29-33,35-37H2,1-7H3,(H,67,79)(H,69,77)(H,72,80)(H,68,71,78)/t39-,45+,50-,57+/m0/s1. The molecule has 88 heavy (non-hydrogen) atoms. The summed E-state index contributed by atoms with van der Waals surface area (Å²) in [5, 5.41) is 20.5. The first-order valence-electron chi connectivity index (χ1n) is 29.2. The number of unbranched alkanes of at least 4 members (excludes halogenated alkanes) is 2. The molecule has 0 unspecified atom stereocenters. The van der Waals surface area contributed by atoms with Gasteiger partial charge in [0, 0.05) is 48.5 Å². The highest BCUT2D eigenvalue weighted by Gasteiger charge is 2.45. The largest absolute Gasteiger partial charge is 0.491 e. The van der Waals surface area contributed by atoms with Gasteiger partial charge in [0.25, 0.3) is 11.8 Å². The number of carbonyl (C=O) groups is 5. The van der Waals surface area contributed by atoms with Crippen LogP contribution in [0.15, 0.2) is 90.4 Å². The number of halogens is 1. The van der Waals surface area contributed by atoms with Crippen LogP contribution in [0.4, 0.5) is 14.7 Å². The number of aliphatic hydroxyl groups is 1. The zero-order chi connectivity index (χ0) is 62.9. The molecule has 7 aromatic rings. The van der Waals surface area contributed by atoms with Crippen molar-refractivity contribution in [2.75, 3.05) is 56.3 Å². The van der Waals surface area contributed by atoms with Gasteiger partial charge in [0.05, 0.1) is 57.3 Å². The second-order valence-electron chi connectivity index (χ2n) is 23.4. The lowest BCUT2D eigenvalue weighted by atomic mass is 9.85. The number of aryl methyl sites for hydroxylation is 2. The molecule has 24 heteroatoms. The predicted octanol–water partition coefficient (Wildman–Crippen LogP) is 9.05. The molecule has 1 fully saturated rings. The Morgan fingerprint density at radius 2 is 1.72 bits per heavy atom. The van der Waals surface area contributed by atoms with Crippen LogP contribution in [0.1, 0.15) is 126 Å². The molecule has 1 saturated heterocycles. The van der Waals surface area contributed by atoms with Crippen LogP contribution in [-0.4, -0.2) is 132 Å². The molecule has 4 atom stereocenters. The topological polar surface area (TPSA) is 245 Å². The summed E-state index contributed by atoms with van der Waals surface area (Å²) >= 11 is 4.15. The number of likely N-dealkylation sites (tertiary alicyclic amines) is 1. The van der Waals surface area contributed by atoms with Crippen molar-refractivity contribution in [3.05, 3.63) is 140 Å². The first-order chi connectivity index (χ1) is 42.0. The van der Waals surface area contributed by atoms with Crippen LogP contribution in [0, 0.1) is 30.0 Å². The highest BCUT2D eigenvalue weighted by Crippen LogP contribution is 2.35. The van der Waals surface area contributed by atoms with E-state index >= 15 is 4.39 Å². The molecule has 0 spiro atoms. The monoisotopic (exact) mass is 1270 g/mol. The van der Waals surface area contributed by atoms with Crippen LogP contribution in [0.3, 0.4) is 0 Å². The maximum absolute atomic E-state index is 15.1. The summed E-state index contributed by atoms with van der Waals surface area (Å²) in [6, 6.07) is 23.1. The molecule has 0 bridgehead atoms. The van der Waals surface area contributed by atoms with Crippen LogP contribution in [0.5, 0.6) is 5.75 Å². The first-order valence-corrected chi connectivity index (χ1v) is 33.4. The number of ether oxygens (including phenoxy) is 1. The Morgan fingerprint density at radius 3 is 2.44 bits per heavy atom. The van der Waals surface area contributed by atoms with Gasteiger partial charge in [-0.25, -0.2) is 32.5 Å². The van der Waals surface area contributed by atoms with Crippen molar-refractivity contribution in [2.24, 2.45) is 5.41 Å². The third-order valence-electron chi connectivity index (χ3n) is 15.2. The minimum Gasteiger partial charge on any atom is -0.491 e. The molecule has 4 aromatic carbocycles. The number of aliphatic hydroxyl groups excluding tert-OH is 1. The first kappa shape index (κ1) is 64.8. The number of fused-ring (bicyclic) bond motifs is 2. The van der Waals surface area contributed by atoms with Gasteiger partial charge < -0.3 is 30.3 Å². The van der Waals surface area contributed by atoms with E-state index in [0.717, 1.165) is 43.0 Å². The van der Waals surface area contributed by atoms with Crippen LogP contribution < -0.4 is 30.3 Å². The third kappa shape index (κ3) is 16.5. The van der Waals surface area contributed by atoms with E-state index in [1.807, 2.05) is 98.4 Å². The second kappa shape index (κ2) is 28.7.